The second-order valence-corrected chi connectivity index (χ2v) is 9.51. The maximum atomic E-state index is 13.0. The minimum absolute atomic E-state index is 0.0215. The van der Waals surface area contributed by atoms with Crippen LogP contribution in [0.25, 0.3) is 22.3 Å². The van der Waals surface area contributed by atoms with E-state index >= 15 is 0 Å². The van der Waals surface area contributed by atoms with Gasteiger partial charge in [0.1, 0.15) is 0 Å². The number of fused-ring (bicyclic) bond motifs is 3. The first kappa shape index (κ1) is 22.8. The summed E-state index contributed by atoms with van der Waals surface area (Å²) in [5.74, 6) is -0.413. The predicted octanol–water partition coefficient (Wildman–Crippen LogP) is 3.33. The van der Waals surface area contributed by atoms with Crippen LogP contribution in [0.1, 0.15) is 31.8 Å². The Bertz CT molecular complexity index is 1320. The molecule has 3 aromatic rings. The third-order valence-electron chi connectivity index (χ3n) is 7.40. The monoisotopic (exact) mass is 483 g/mol. The highest BCUT2D eigenvalue weighted by Gasteiger charge is 2.27. The molecule has 6 rings (SSSR count). The number of anilines is 1. The normalized spacial score (nSPS) is 17.0. The topological polar surface area (TPSA) is 85.1 Å². The summed E-state index contributed by atoms with van der Waals surface area (Å²) in [5.41, 5.74) is 14.2. The Kier molecular flexibility index (Phi) is 5.95. The van der Waals surface area contributed by atoms with Crippen LogP contribution in [-0.4, -0.2) is 69.3 Å². The number of primary amides is 1. The maximum absolute atomic E-state index is 13.0. The van der Waals surface area contributed by atoms with Crippen molar-refractivity contribution in [1.29, 1.82) is 0 Å². The van der Waals surface area contributed by atoms with Crippen LogP contribution in [0, 0.1) is 0 Å². The summed E-state index contributed by atoms with van der Waals surface area (Å²) in [6.07, 6.45) is 0.587. The van der Waals surface area contributed by atoms with Crippen molar-refractivity contribution in [3.63, 3.8) is 0 Å². The van der Waals surface area contributed by atoms with E-state index in [1.807, 2.05) is 29.2 Å². The molecular weight excluding hydrogens is 454 g/mol. The van der Waals surface area contributed by atoms with Crippen molar-refractivity contribution in [2.24, 2.45) is 5.73 Å². The molecule has 0 radical (unpaired) electrons. The largest absolute Gasteiger partial charge is 0.378 e. The van der Waals surface area contributed by atoms with E-state index in [0.29, 0.717) is 43.9 Å². The van der Waals surface area contributed by atoms with E-state index in [-0.39, 0.29) is 5.91 Å². The zero-order valence-corrected chi connectivity index (χ0v) is 20.2. The molecule has 0 bridgehead atoms. The molecule has 2 heterocycles. The van der Waals surface area contributed by atoms with Crippen LogP contribution < -0.4 is 10.6 Å². The van der Waals surface area contributed by atoms with Gasteiger partial charge in [-0.25, -0.2) is 0 Å². The van der Waals surface area contributed by atoms with Gasteiger partial charge in [-0.15, -0.1) is 0 Å². The van der Waals surface area contributed by atoms with Crippen molar-refractivity contribution in [1.82, 2.24) is 4.90 Å². The number of ether oxygens (including phenoxy) is 2. The lowest BCUT2D eigenvalue weighted by molar-refractivity contribution is 0.0303. The molecule has 2 aliphatic heterocycles. The van der Waals surface area contributed by atoms with Crippen LogP contribution in [-0.2, 0) is 15.9 Å². The van der Waals surface area contributed by atoms with Crippen molar-refractivity contribution in [3.8, 4) is 22.3 Å². The molecule has 0 atom stereocenters. The number of carbonyl (C=O) groups excluding carboxylic acids is 2. The molecule has 2 fully saturated rings. The van der Waals surface area contributed by atoms with Crippen LogP contribution >= 0.6 is 0 Å². The number of hydrogen-bond acceptors (Lipinski definition) is 5. The Hall–Kier alpha value is -3.68. The number of rotatable bonds is 4. The van der Waals surface area contributed by atoms with Gasteiger partial charge in [-0.2, -0.15) is 0 Å². The van der Waals surface area contributed by atoms with Crippen LogP contribution in [0.4, 0.5) is 5.69 Å². The molecule has 0 saturated carbocycles. The van der Waals surface area contributed by atoms with Gasteiger partial charge in [0.25, 0.3) is 5.91 Å². The van der Waals surface area contributed by atoms with Gasteiger partial charge < -0.3 is 25.0 Å². The third kappa shape index (κ3) is 4.14. The molecule has 7 heteroatoms. The van der Waals surface area contributed by atoms with Crippen LogP contribution in [0.15, 0.2) is 54.6 Å². The average Bonchev–Trinajstić information content (AvgIpc) is 3.31. The quantitative estimate of drug-likeness (QED) is 0.481. The number of amides is 2. The van der Waals surface area contributed by atoms with Gasteiger partial charge in [-0.1, -0.05) is 18.2 Å². The van der Waals surface area contributed by atoms with Gasteiger partial charge in [-0.3, -0.25) is 9.59 Å². The predicted molar refractivity (Wildman–Crippen MR) is 138 cm³/mol. The Morgan fingerprint density at radius 2 is 1.44 bits per heavy atom. The fraction of sp³-hybridized carbons (Fsp3) is 0.310. The Morgan fingerprint density at radius 3 is 2.14 bits per heavy atom. The van der Waals surface area contributed by atoms with Crippen LogP contribution in [0.2, 0.25) is 0 Å². The number of benzene rings is 3. The molecule has 1 aliphatic carbocycles. The number of carbonyl (C=O) groups is 2. The summed E-state index contributed by atoms with van der Waals surface area (Å²) in [6.45, 7) is 5.61. The summed E-state index contributed by atoms with van der Waals surface area (Å²) in [5, 5.41) is 0. The lowest BCUT2D eigenvalue weighted by Crippen LogP contribution is -2.40. The number of nitrogens with two attached hydrogens (primary N) is 1. The van der Waals surface area contributed by atoms with Crippen molar-refractivity contribution < 1.29 is 19.1 Å². The molecule has 7 nitrogen and oxygen atoms in total. The van der Waals surface area contributed by atoms with Gasteiger partial charge in [-0.05, 0) is 76.2 Å². The number of nitrogens with zero attached hydrogens (tertiary/aromatic N) is 2. The summed E-state index contributed by atoms with van der Waals surface area (Å²) < 4.78 is 10.8. The van der Waals surface area contributed by atoms with Crippen molar-refractivity contribution >= 4 is 17.5 Å². The molecular formula is C29H29N3O4. The molecule has 36 heavy (non-hydrogen) atoms. The van der Waals surface area contributed by atoms with E-state index in [1.165, 1.54) is 5.69 Å². The molecule has 0 unspecified atom stereocenters. The molecule has 0 spiro atoms. The zero-order valence-electron chi connectivity index (χ0n) is 20.2. The minimum Gasteiger partial charge on any atom is -0.378 e. The minimum atomic E-state index is -0.435. The Balaban J connectivity index is 1.33. The fourth-order valence-corrected chi connectivity index (χ4v) is 5.45. The van der Waals surface area contributed by atoms with Crippen LogP contribution in [0.3, 0.4) is 0 Å². The first-order chi connectivity index (χ1) is 17.6. The highest BCUT2D eigenvalue weighted by atomic mass is 16.5. The summed E-state index contributed by atoms with van der Waals surface area (Å²) in [6, 6.07) is 18.3. The van der Waals surface area contributed by atoms with Gasteiger partial charge in [0.2, 0.25) is 5.91 Å². The molecule has 2 N–H and O–H groups in total. The van der Waals surface area contributed by atoms with E-state index in [4.69, 9.17) is 15.2 Å². The highest BCUT2D eigenvalue weighted by Crippen LogP contribution is 2.41. The first-order valence-corrected chi connectivity index (χ1v) is 12.5. The van der Waals surface area contributed by atoms with E-state index in [0.717, 1.165) is 59.7 Å². The first-order valence-electron chi connectivity index (χ1n) is 12.5. The van der Waals surface area contributed by atoms with Crippen molar-refractivity contribution in [2.45, 2.75) is 6.42 Å². The molecule has 2 saturated heterocycles. The SMILES string of the molecule is NC(=O)c1cc(-c2ccc(N3CCOCC3)cc2)cc2c1Cc1cc(C(=O)N3CCOCC3)ccc1-2. The second-order valence-electron chi connectivity index (χ2n) is 9.51. The van der Waals surface area contributed by atoms with E-state index < -0.39 is 5.91 Å². The lowest BCUT2D eigenvalue weighted by atomic mass is 9.94. The standard InChI is InChI=1S/C29H29N3O4/c30-28(33)27-17-21(19-1-4-23(5-2-19)31-7-11-35-12-8-31)16-25-24-6-3-20(15-22(24)18-26(25)27)29(34)32-9-13-36-14-10-32/h1-6,15-17H,7-14,18H2,(H2,30,33). The van der Waals surface area contributed by atoms with Crippen molar-refractivity contribution in [2.75, 3.05) is 57.5 Å². The maximum Gasteiger partial charge on any atom is 0.254 e. The lowest BCUT2D eigenvalue weighted by Gasteiger charge is -2.29. The molecule has 2 amide bonds. The summed E-state index contributed by atoms with van der Waals surface area (Å²) >= 11 is 0. The van der Waals surface area contributed by atoms with E-state index in [9.17, 15) is 9.59 Å². The van der Waals surface area contributed by atoms with E-state index in [1.54, 1.807) is 0 Å². The fourth-order valence-electron chi connectivity index (χ4n) is 5.45. The molecule has 0 aromatic heterocycles. The van der Waals surface area contributed by atoms with Crippen molar-refractivity contribution in [3.05, 3.63) is 76.9 Å². The molecule has 3 aromatic carbocycles. The van der Waals surface area contributed by atoms with Gasteiger partial charge >= 0.3 is 0 Å². The highest BCUT2D eigenvalue weighted by molar-refractivity contribution is 6.01. The average molecular weight is 484 g/mol. The van der Waals surface area contributed by atoms with Gasteiger partial charge in [0.05, 0.1) is 26.4 Å². The Labute approximate surface area is 210 Å². The number of hydrogen-bond donors (Lipinski definition) is 1. The molecule has 3 aliphatic rings. The van der Waals surface area contributed by atoms with Crippen LogP contribution in [0.5, 0.6) is 0 Å². The summed E-state index contributed by atoms with van der Waals surface area (Å²) in [7, 11) is 0. The number of morpholine rings is 2. The van der Waals surface area contributed by atoms with Gasteiger partial charge in [0, 0.05) is 43.0 Å². The smallest absolute Gasteiger partial charge is 0.254 e. The Morgan fingerprint density at radius 1 is 0.750 bits per heavy atom. The third-order valence-corrected chi connectivity index (χ3v) is 7.40. The second kappa shape index (κ2) is 9.41. The van der Waals surface area contributed by atoms with Gasteiger partial charge in [0.15, 0.2) is 0 Å². The summed E-state index contributed by atoms with van der Waals surface area (Å²) in [4.78, 5) is 29.6. The van der Waals surface area contributed by atoms with E-state index in [2.05, 4.69) is 35.2 Å². The zero-order chi connectivity index (χ0) is 24.6. The molecule has 184 valence electrons.